The predicted molar refractivity (Wildman–Crippen MR) is 62.0 cm³/mol. The van der Waals surface area contributed by atoms with Crippen molar-refractivity contribution in [3.05, 3.63) is 71.5 Å². The lowest BCUT2D eigenvalue weighted by Crippen LogP contribution is -2.28. The lowest BCUT2D eigenvalue weighted by atomic mass is 9.99. The van der Waals surface area contributed by atoms with Gasteiger partial charge in [-0.05, 0) is 23.3 Å². The molecule has 2 aromatic rings. The zero-order chi connectivity index (χ0) is 11.4. The van der Waals surface area contributed by atoms with E-state index in [1.165, 1.54) is 12.1 Å². The third kappa shape index (κ3) is 2.27. The number of halogens is 1. The minimum absolute atomic E-state index is 0.109. The number of nitrogens with one attached hydrogen (secondary N) is 1. The van der Waals surface area contributed by atoms with E-state index in [2.05, 4.69) is 5.43 Å². The Morgan fingerprint density at radius 3 is 2.00 bits per heavy atom. The molecule has 1 atom stereocenters. The topological polar surface area (TPSA) is 38.0 Å². The number of hydrogen-bond donors (Lipinski definition) is 2. The molecule has 0 aliphatic rings. The minimum atomic E-state index is -0.243. The van der Waals surface area contributed by atoms with Gasteiger partial charge in [-0.15, -0.1) is 0 Å². The number of nitrogens with two attached hydrogens (primary N) is 1. The van der Waals surface area contributed by atoms with E-state index in [-0.39, 0.29) is 11.9 Å². The van der Waals surface area contributed by atoms with E-state index < -0.39 is 0 Å². The van der Waals surface area contributed by atoms with E-state index in [9.17, 15) is 4.39 Å². The molecular weight excluding hydrogens is 203 g/mol. The van der Waals surface area contributed by atoms with Crippen LogP contribution < -0.4 is 11.3 Å². The molecule has 0 bridgehead atoms. The molecule has 82 valence electrons. The molecule has 0 radical (unpaired) electrons. The Labute approximate surface area is 93.9 Å². The van der Waals surface area contributed by atoms with Crippen molar-refractivity contribution >= 4 is 0 Å². The summed E-state index contributed by atoms with van der Waals surface area (Å²) in [6.45, 7) is 0. The SMILES string of the molecule is NN[C@@H](c1ccccc1)c1ccc(F)cc1. The summed E-state index contributed by atoms with van der Waals surface area (Å²) >= 11 is 0. The highest BCUT2D eigenvalue weighted by Gasteiger charge is 2.11. The van der Waals surface area contributed by atoms with Crippen LogP contribution in [0.5, 0.6) is 0 Å². The Kier molecular flexibility index (Phi) is 3.29. The summed E-state index contributed by atoms with van der Waals surface area (Å²) in [4.78, 5) is 0. The highest BCUT2D eigenvalue weighted by atomic mass is 19.1. The van der Waals surface area contributed by atoms with Gasteiger partial charge in [0.15, 0.2) is 0 Å². The maximum atomic E-state index is 12.8. The van der Waals surface area contributed by atoms with E-state index in [1.807, 2.05) is 30.3 Å². The minimum Gasteiger partial charge on any atom is -0.271 e. The molecule has 0 saturated heterocycles. The molecule has 3 N–H and O–H groups in total. The molecular formula is C13H13FN2. The average molecular weight is 216 g/mol. The summed E-state index contributed by atoms with van der Waals surface area (Å²) in [5.41, 5.74) is 4.72. The third-order valence-corrected chi connectivity index (χ3v) is 2.50. The molecule has 0 amide bonds. The monoisotopic (exact) mass is 216 g/mol. The van der Waals surface area contributed by atoms with Gasteiger partial charge in [0.05, 0.1) is 6.04 Å². The van der Waals surface area contributed by atoms with Gasteiger partial charge < -0.3 is 0 Å². The van der Waals surface area contributed by atoms with Crippen LogP contribution in [-0.2, 0) is 0 Å². The maximum absolute atomic E-state index is 12.8. The van der Waals surface area contributed by atoms with Crippen molar-refractivity contribution in [2.24, 2.45) is 5.84 Å². The van der Waals surface area contributed by atoms with Gasteiger partial charge in [-0.25, -0.2) is 9.82 Å². The first-order chi connectivity index (χ1) is 7.81. The van der Waals surface area contributed by atoms with Crippen molar-refractivity contribution in [2.45, 2.75) is 6.04 Å². The van der Waals surface area contributed by atoms with Crippen molar-refractivity contribution in [2.75, 3.05) is 0 Å². The summed E-state index contributed by atoms with van der Waals surface area (Å²) in [7, 11) is 0. The first-order valence-electron chi connectivity index (χ1n) is 5.08. The van der Waals surface area contributed by atoms with Crippen molar-refractivity contribution < 1.29 is 4.39 Å². The number of rotatable bonds is 3. The zero-order valence-corrected chi connectivity index (χ0v) is 8.73. The van der Waals surface area contributed by atoms with Crippen LogP contribution in [-0.4, -0.2) is 0 Å². The molecule has 3 heteroatoms. The molecule has 0 fully saturated rings. The smallest absolute Gasteiger partial charge is 0.123 e. The second-order valence-electron chi connectivity index (χ2n) is 3.56. The van der Waals surface area contributed by atoms with Gasteiger partial charge in [0, 0.05) is 0 Å². The molecule has 0 heterocycles. The number of benzene rings is 2. The number of hydrazine groups is 1. The average Bonchev–Trinajstić information content (AvgIpc) is 2.34. The van der Waals surface area contributed by atoms with Crippen LogP contribution in [0.3, 0.4) is 0 Å². The molecule has 0 aliphatic heterocycles. The Bertz CT molecular complexity index is 439. The Hall–Kier alpha value is -1.71. The summed E-state index contributed by atoms with van der Waals surface area (Å²) < 4.78 is 12.8. The van der Waals surface area contributed by atoms with Gasteiger partial charge in [0.1, 0.15) is 5.82 Å². The van der Waals surface area contributed by atoms with Crippen LogP contribution in [0.1, 0.15) is 17.2 Å². The lowest BCUT2D eigenvalue weighted by molar-refractivity contribution is 0.615. The van der Waals surface area contributed by atoms with Crippen LogP contribution in [0.4, 0.5) is 4.39 Å². The quantitative estimate of drug-likeness (QED) is 0.610. The molecule has 16 heavy (non-hydrogen) atoms. The molecule has 0 unspecified atom stereocenters. The van der Waals surface area contributed by atoms with Crippen LogP contribution >= 0.6 is 0 Å². The largest absolute Gasteiger partial charge is 0.271 e. The predicted octanol–water partition coefficient (Wildman–Crippen LogP) is 2.38. The van der Waals surface area contributed by atoms with Crippen molar-refractivity contribution in [1.29, 1.82) is 0 Å². The summed E-state index contributed by atoms with van der Waals surface area (Å²) in [5.74, 6) is 5.29. The van der Waals surface area contributed by atoms with E-state index in [1.54, 1.807) is 12.1 Å². The molecule has 0 saturated carbocycles. The molecule has 0 aliphatic carbocycles. The first kappa shape index (κ1) is 10.8. The van der Waals surface area contributed by atoms with Gasteiger partial charge >= 0.3 is 0 Å². The maximum Gasteiger partial charge on any atom is 0.123 e. The first-order valence-corrected chi connectivity index (χ1v) is 5.08. The van der Waals surface area contributed by atoms with Gasteiger partial charge in [0.2, 0.25) is 0 Å². The van der Waals surface area contributed by atoms with Crippen molar-refractivity contribution in [1.82, 2.24) is 5.43 Å². The molecule has 2 nitrogen and oxygen atoms in total. The third-order valence-electron chi connectivity index (χ3n) is 2.50. The molecule has 0 spiro atoms. The van der Waals surface area contributed by atoms with Crippen LogP contribution in [0, 0.1) is 5.82 Å². The van der Waals surface area contributed by atoms with Gasteiger partial charge in [0.25, 0.3) is 0 Å². The van der Waals surface area contributed by atoms with E-state index in [4.69, 9.17) is 5.84 Å². The van der Waals surface area contributed by atoms with Crippen LogP contribution in [0.25, 0.3) is 0 Å². The van der Waals surface area contributed by atoms with E-state index >= 15 is 0 Å². The summed E-state index contributed by atoms with van der Waals surface area (Å²) in [6, 6.07) is 16.0. The molecule has 2 aromatic carbocycles. The van der Waals surface area contributed by atoms with Gasteiger partial charge in [-0.2, -0.15) is 0 Å². The van der Waals surface area contributed by atoms with E-state index in [0.717, 1.165) is 11.1 Å². The fourth-order valence-electron chi connectivity index (χ4n) is 1.69. The highest BCUT2D eigenvalue weighted by Crippen LogP contribution is 2.20. The summed E-state index contributed by atoms with van der Waals surface area (Å²) in [5, 5.41) is 0. The lowest BCUT2D eigenvalue weighted by Gasteiger charge is -2.16. The van der Waals surface area contributed by atoms with E-state index in [0.29, 0.717) is 0 Å². The molecule has 0 aromatic heterocycles. The Morgan fingerprint density at radius 2 is 1.44 bits per heavy atom. The number of hydrogen-bond acceptors (Lipinski definition) is 2. The van der Waals surface area contributed by atoms with Crippen LogP contribution in [0.15, 0.2) is 54.6 Å². The van der Waals surface area contributed by atoms with Crippen LogP contribution in [0.2, 0.25) is 0 Å². The van der Waals surface area contributed by atoms with Crippen molar-refractivity contribution in [3.63, 3.8) is 0 Å². The fraction of sp³-hybridized carbons (Fsp3) is 0.0769. The Balaban J connectivity index is 2.33. The molecule has 2 rings (SSSR count). The normalized spacial score (nSPS) is 12.4. The standard InChI is InChI=1S/C13H13FN2/c14-12-8-6-11(7-9-12)13(16-15)10-4-2-1-3-5-10/h1-9,13,16H,15H2/t13-/m0/s1. The van der Waals surface area contributed by atoms with Crippen molar-refractivity contribution in [3.8, 4) is 0 Å². The summed E-state index contributed by atoms with van der Waals surface area (Å²) in [6.07, 6.45) is 0. The second kappa shape index (κ2) is 4.88. The zero-order valence-electron chi connectivity index (χ0n) is 8.73. The fourth-order valence-corrected chi connectivity index (χ4v) is 1.69. The second-order valence-corrected chi connectivity index (χ2v) is 3.56. The Morgan fingerprint density at radius 1 is 0.875 bits per heavy atom. The van der Waals surface area contributed by atoms with Gasteiger partial charge in [-0.3, -0.25) is 5.84 Å². The highest BCUT2D eigenvalue weighted by molar-refractivity contribution is 5.31. The van der Waals surface area contributed by atoms with Gasteiger partial charge in [-0.1, -0.05) is 42.5 Å².